The van der Waals surface area contributed by atoms with Gasteiger partial charge in [-0.3, -0.25) is 14.5 Å². The van der Waals surface area contributed by atoms with Crippen LogP contribution in [-0.4, -0.2) is 55.0 Å². The van der Waals surface area contributed by atoms with Crippen LogP contribution in [0.1, 0.15) is 81.0 Å². The average molecular weight is 625 g/mol. The molecule has 7 nitrogen and oxygen atoms in total. The number of nitrogens with two attached hydrogens (primary N) is 1. The molecule has 7 heteroatoms. The fourth-order valence-electron chi connectivity index (χ4n) is 7.85. The molecule has 2 unspecified atom stereocenters. The molecule has 0 saturated carbocycles. The zero-order valence-electron chi connectivity index (χ0n) is 28.1. The van der Waals surface area contributed by atoms with Crippen molar-refractivity contribution in [2.75, 3.05) is 20.2 Å². The SMILES string of the molecule is COc1ccc(C(C)C)cc1CN[C@H]1[C@H]2CCN(C[C@@H]2CC(=O)NC(CC(C)C)C(N)=O)[C@@H]1C(c1ccccc1)c1ccccc1. The molecule has 0 radical (unpaired) electrons. The van der Waals surface area contributed by atoms with Crippen LogP contribution in [0.25, 0.3) is 0 Å². The van der Waals surface area contributed by atoms with E-state index in [0.29, 0.717) is 25.3 Å². The lowest BCUT2D eigenvalue weighted by atomic mass is 9.65. The summed E-state index contributed by atoms with van der Waals surface area (Å²) in [6.07, 6.45) is 1.93. The summed E-state index contributed by atoms with van der Waals surface area (Å²) in [4.78, 5) is 28.2. The Hall–Kier alpha value is -3.68. The van der Waals surface area contributed by atoms with E-state index in [2.05, 4.69) is 108 Å². The number of hydrogen-bond acceptors (Lipinski definition) is 5. The highest BCUT2D eigenvalue weighted by Gasteiger charge is 2.50. The van der Waals surface area contributed by atoms with E-state index in [9.17, 15) is 9.59 Å². The monoisotopic (exact) mass is 624 g/mol. The van der Waals surface area contributed by atoms with E-state index in [0.717, 1.165) is 30.8 Å². The summed E-state index contributed by atoms with van der Waals surface area (Å²) >= 11 is 0. The number of piperidine rings is 3. The smallest absolute Gasteiger partial charge is 0.240 e. The lowest BCUT2D eigenvalue weighted by molar-refractivity contribution is -0.130. The van der Waals surface area contributed by atoms with Gasteiger partial charge in [0.1, 0.15) is 11.8 Å². The van der Waals surface area contributed by atoms with Gasteiger partial charge in [-0.25, -0.2) is 0 Å². The van der Waals surface area contributed by atoms with Crippen LogP contribution in [0.3, 0.4) is 0 Å². The number of primary amides is 1. The van der Waals surface area contributed by atoms with Crippen molar-refractivity contribution in [2.45, 2.75) is 83.5 Å². The molecule has 0 aliphatic carbocycles. The van der Waals surface area contributed by atoms with Gasteiger partial charge in [0.05, 0.1) is 7.11 Å². The van der Waals surface area contributed by atoms with Crippen molar-refractivity contribution in [3.8, 4) is 5.75 Å². The van der Waals surface area contributed by atoms with Gasteiger partial charge in [0.25, 0.3) is 0 Å². The third kappa shape index (κ3) is 7.81. The van der Waals surface area contributed by atoms with Gasteiger partial charge in [-0.05, 0) is 65.8 Å². The topological polar surface area (TPSA) is 96.7 Å². The summed E-state index contributed by atoms with van der Waals surface area (Å²) in [5.41, 5.74) is 10.7. The molecule has 2 bridgehead atoms. The Labute approximate surface area is 275 Å². The van der Waals surface area contributed by atoms with E-state index in [1.165, 1.54) is 16.7 Å². The fraction of sp³-hybridized carbons (Fsp3) is 0.487. The van der Waals surface area contributed by atoms with Crippen LogP contribution < -0.4 is 21.1 Å². The minimum atomic E-state index is -0.642. The second-order valence-electron chi connectivity index (χ2n) is 14.0. The molecule has 0 aromatic heterocycles. The maximum Gasteiger partial charge on any atom is 0.240 e. The lowest BCUT2D eigenvalue weighted by Crippen LogP contribution is -2.67. The highest BCUT2D eigenvalue weighted by molar-refractivity contribution is 5.86. The van der Waals surface area contributed by atoms with Crippen molar-refractivity contribution in [3.05, 3.63) is 101 Å². The van der Waals surface area contributed by atoms with Crippen molar-refractivity contribution in [2.24, 2.45) is 23.5 Å². The molecule has 3 aromatic carbocycles. The largest absolute Gasteiger partial charge is 0.496 e. The molecule has 3 saturated heterocycles. The number of nitrogens with zero attached hydrogens (tertiary/aromatic N) is 1. The maximum atomic E-state index is 13.4. The molecule has 3 heterocycles. The molecule has 246 valence electrons. The minimum Gasteiger partial charge on any atom is -0.496 e. The first-order chi connectivity index (χ1) is 22.2. The number of hydrogen-bond donors (Lipinski definition) is 3. The van der Waals surface area contributed by atoms with E-state index < -0.39 is 11.9 Å². The number of benzene rings is 3. The quantitative estimate of drug-likeness (QED) is 0.210. The van der Waals surface area contributed by atoms with E-state index in [-0.39, 0.29) is 41.7 Å². The number of rotatable bonds is 14. The van der Waals surface area contributed by atoms with E-state index in [1.807, 2.05) is 13.8 Å². The van der Waals surface area contributed by atoms with Gasteiger partial charge >= 0.3 is 0 Å². The summed E-state index contributed by atoms with van der Waals surface area (Å²) in [5, 5.41) is 7.02. The van der Waals surface area contributed by atoms with Crippen LogP contribution >= 0.6 is 0 Å². The van der Waals surface area contributed by atoms with Crippen LogP contribution in [0.2, 0.25) is 0 Å². The van der Waals surface area contributed by atoms with Crippen LogP contribution in [0, 0.1) is 17.8 Å². The Morgan fingerprint density at radius 3 is 2.15 bits per heavy atom. The van der Waals surface area contributed by atoms with Crippen molar-refractivity contribution >= 4 is 11.8 Å². The molecule has 3 fully saturated rings. The van der Waals surface area contributed by atoms with E-state index >= 15 is 0 Å². The van der Waals surface area contributed by atoms with Gasteiger partial charge in [-0.2, -0.15) is 0 Å². The summed E-state index contributed by atoms with van der Waals surface area (Å²) < 4.78 is 5.81. The van der Waals surface area contributed by atoms with Gasteiger partial charge in [0.2, 0.25) is 11.8 Å². The molecule has 46 heavy (non-hydrogen) atoms. The number of carbonyl (C=O) groups is 2. The summed E-state index contributed by atoms with van der Waals surface area (Å²) in [7, 11) is 1.74. The molecule has 6 atom stereocenters. The molecule has 3 aliphatic heterocycles. The molecule has 6 rings (SSSR count). The van der Waals surface area contributed by atoms with E-state index in [1.54, 1.807) is 7.11 Å². The summed E-state index contributed by atoms with van der Waals surface area (Å²) in [6.45, 7) is 11.0. The molecule has 2 amide bonds. The number of methoxy groups -OCH3 is 1. The van der Waals surface area contributed by atoms with Crippen molar-refractivity contribution in [3.63, 3.8) is 0 Å². The first kappa shape index (κ1) is 33.7. The van der Waals surface area contributed by atoms with Gasteiger partial charge in [-0.15, -0.1) is 0 Å². The van der Waals surface area contributed by atoms with Gasteiger partial charge in [0, 0.05) is 43.1 Å². The Bertz CT molecular complexity index is 1400. The number of carbonyl (C=O) groups excluding carboxylic acids is 2. The van der Waals surface area contributed by atoms with Crippen molar-refractivity contribution < 1.29 is 14.3 Å². The Kier molecular flexibility index (Phi) is 11.2. The molecule has 0 spiro atoms. The zero-order chi connectivity index (χ0) is 32.8. The minimum absolute atomic E-state index is 0.0903. The number of amides is 2. The normalized spacial score (nSPS) is 23.1. The second-order valence-corrected chi connectivity index (χ2v) is 14.0. The Morgan fingerprint density at radius 2 is 1.59 bits per heavy atom. The standard InChI is InChI=1S/C39H52N4O3/c1-25(2)20-33(39(40)45)42-35(44)22-31-24-43-19-18-32(31)37(41-23-30-21-29(26(3)4)16-17-34(30)46-5)38(43)36(27-12-8-6-9-13-27)28-14-10-7-11-15-28/h6-17,21,25-26,31-33,36-38,41H,18-20,22-24H2,1-5H3,(H2,40,45)(H,42,44)/t31-,32-,33?,37-,38+/m0/s1. The molecule has 3 aromatic rings. The van der Waals surface area contributed by atoms with Gasteiger partial charge in [-0.1, -0.05) is 100 Å². The summed E-state index contributed by atoms with van der Waals surface area (Å²) in [5.74, 6) is 1.59. The van der Waals surface area contributed by atoms with Crippen LogP contribution in [-0.2, 0) is 16.1 Å². The lowest BCUT2D eigenvalue weighted by Gasteiger charge is -2.57. The first-order valence-electron chi connectivity index (χ1n) is 17.0. The third-order valence-corrected chi connectivity index (χ3v) is 10.1. The number of ether oxygens (including phenoxy) is 1. The highest BCUT2D eigenvalue weighted by atomic mass is 16.5. The fourth-order valence-corrected chi connectivity index (χ4v) is 7.85. The second kappa shape index (κ2) is 15.3. The van der Waals surface area contributed by atoms with Crippen LogP contribution in [0.15, 0.2) is 78.9 Å². The number of fused-ring (bicyclic) bond motifs is 3. The zero-order valence-corrected chi connectivity index (χ0v) is 28.1. The maximum absolute atomic E-state index is 13.4. The molecule has 3 aliphatic rings. The Morgan fingerprint density at radius 1 is 0.935 bits per heavy atom. The average Bonchev–Trinajstić information content (AvgIpc) is 3.05. The molecular weight excluding hydrogens is 572 g/mol. The molecular formula is C39H52N4O3. The first-order valence-corrected chi connectivity index (χ1v) is 17.0. The predicted octanol–water partition coefficient (Wildman–Crippen LogP) is 5.84. The van der Waals surface area contributed by atoms with Crippen LogP contribution in [0.5, 0.6) is 5.75 Å². The van der Waals surface area contributed by atoms with Gasteiger partial charge in [0.15, 0.2) is 0 Å². The van der Waals surface area contributed by atoms with Crippen molar-refractivity contribution in [1.82, 2.24) is 15.5 Å². The third-order valence-electron chi connectivity index (χ3n) is 10.1. The molecule has 4 N–H and O–H groups in total. The van der Waals surface area contributed by atoms with Crippen molar-refractivity contribution in [1.29, 1.82) is 0 Å². The van der Waals surface area contributed by atoms with Crippen LogP contribution in [0.4, 0.5) is 0 Å². The number of nitrogens with one attached hydrogen (secondary N) is 2. The highest BCUT2D eigenvalue weighted by Crippen LogP contribution is 2.45. The predicted molar refractivity (Wildman–Crippen MR) is 185 cm³/mol. The summed E-state index contributed by atoms with van der Waals surface area (Å²) in [6, 6.07) is 27.8. The Balaban J connectivity index is 1.48. The van der Waals surface area contributed by atoms with Gasteiger partial charge < -0.3 is 21.1 Å². The van der Waals surface area contributed by atoms with E-state index in [4.69, 9.17) is 10.5 Å².